The average Bonchev–Trinajstić information content (AvgIpc) is 2.79. The third-order valence-corrected chi connectivity index (χ3v) is 4.94. The molecule has 5 nitrogen and oxygen atoms in total. The van der Waals surface area contributed by atoms with E-state index in [1.807, 2.05) is 29.2 Å². The minimum Gasteiger partial charge on any atom is -0.497 e. The van der Waals surface area contributed by atoms with E-state index in [1.54, 1.807) is 7.11 Å². The highest BCUT2D eigenvalue weighted by atomic mass is 16.5. The summed E-state index contributed by atoms with van der Waals surface area (Å²) in [6, 6.07) is 7.73. The second-order valence-electron chi connectivity index (χ2n) is 6.88. The summed E-state index contributed by atoms with van der Waals surface area (Å²) >= 11 is 0. The molecule has 1 aromatic carbocycles. The number of nitrogens with zero attached hydrogens (tertiary/aromatic N) is 2. The lowest BCUT2D eigenvalue weighted by Gasteiger charge is -2.31. The van der Waals surface area contributed by atoms with Gasteiger partial charge in [-0.3, -0.25) is 4.79 Å². The molecular formula is C18H26N2O3. The van der Waals surface area contributed by atoms with E-state index in [1.165, 1.54) is 0 Å². The molecule has 1 spiro atoms. The first-order valence-corrected chi connectivity index (χ1v) is 8.27. The standard InChI is InChI=1S/C18H26N2O3/c1-19-8-7-18(12-19)13-20(9-10-23-14-18)17(21)11-15-3-5-16(22-2)6-4-15/h3-6H,7-14H2,1-2H3/t18-/m1/s1. The lowest BCUT2D eigenvalue weighted by molar-refractivity contribution is -0.131. The number of methoxy groups -OCH3 is 1. The minimum absolute atomic E-state index is 0.112. The smallest absolute Gasteiger partial charge is 0.227 e. The fourth-order valence-corrected chi connectivity index (χ4v) is 3.64. The van der Waals surface area contributed by atoms with Crippen molar-refractivity contribution >= 4 is 5.91 Å². The maximum atomic E-state index is 12.7. The molecule has 1 atom stereocenters. The van der Waals surface area contributed by atoms with Crippen molar-refractivity contribution in [3.05, 3.63) is 29.8 Å². The van der Waals surface area contributed by atoms with Gasteiger partial charge in [-0.15, -0.1) is 0 Å². The van der Waals surface area contributed by atoms with Crippen molar-refractivity contribution in [2.24, 2.45) is 5.41 Å². The Labute approximate surface area is 138 Å². The zero-order chi connectivity index (χ0) is 16.3. The molecule has 0 aliphatic carbocycles. The number of carbonyl (C=O) groups is 1. The molecule has 23 heavy (non-hydrogen) atoms. The molecule has 2 saturated heterocycles. The molecule has 5 heteroatoms. The third kappa shape index (κ3) is 3.85. The second-order valence-corrected chi connectivity index (χ2v) is 6.88. The largest absolute Gasteiger partial charge is 0.497 e. The Kier molecular flexibility index (Phi) is 4.87. The summed E-state index contributed by atoms with van der Waals surface area (Å²) in [6.07, 6.45) is 1.55. The normalized spacial score (nSPS) is 25.6. The molecule has 2 fully saturated rings. The topological polar surface area (TPSA) is 42.0 Å². The summed E-state index contributed by atoms with van der Waals surface area (Å²) in [5.74, 6) is 1.01. The zero-order valence-corrected chi connectivity index (χ0v) is 14.1. The van der Waals surface area contributed by atoms with Gasteiger partial charge in [0, 0.05) is 25.0 Å². The van der Waals surface area contributed by atoms with Crippen LogP contribution in [-0.2, 0) is 16.0 Å². The summed E-state index contributed by atoms with van der Waals surface area (Å²) in [4.78, 5) is 17.1. The highest BCUT2D eigenvalue weighted by Gasteiger charge is 2.40. The summed E-state index contributed by atoms with van der Waals surface area (Å²) in [5.41, 5.74) is 1.14. The fraction of sp³-hybridized carbons (Fsp3) is 0.611. The molecule has 0 unspecified atom stereocenters. The van der Waals surface area contributed by atoms with E-state index < -0.39 is 0 Å². The zero-order valence-electron chi connectivity index (χ0n) is 14.1. The predicted octanol–water partition coefficient (Wildman–Crippen LogP) is 1.42. The van der Waals surface area contributed by atoms with Gasteiger partial charge in [-0.2, -0.15) is 0 Å². The molecule has 1 aromatic rings. The third-order valence-electron chi connectivity index (χ3n) is 4.94. The number of carbonyl (C=O) groups excluding carboxylic acids is 1. The van der Waals surface area contributed by atoms with Crippen molar-refractivity contribution in [3.63, 3.8) is 0 Å². The molecule has 2 aliphatic heterocycles. The van der Waals surface area contributed by atoms with Crippen molar-refractivity contribution in [2.75, 3.05) is 53.6 Å². The van der Waals surface area contributed by atoms with Gasteiger partial charge in [0.05, 0.1) is 26.7 Å². The maximum absolute atomic E-state index is 12.7. The van der Waals surface area contributed by atoms with E-state index in [4.69, 9.17) is 9.47 Å². The van der Waals surface area contributed by atoms with Gasteiger partial charge in [0.25, 0.3) is 0 Å². The van der Waals surface area contributed by atoms with Gasteiger partial charge in [-0.1, -0.05) is 12.1 Å². The van der Waals surface area contributed by atoms with Crippen molar-refractivity contribution < 1.29 is 14.3 Å². The first kappa shape index (κ1) is 16.3. The Bertz CT molecular complexity index is 546. The summed E-state index contributed by atoms with van der Waals surface area (Å²) in [5, 5.41) is 0. The number of hydrogen-bond donors (Lipinski definition) is 0. The molecule has 0 bridgehead atoms. The molecule has 0 N–H and O–H groups in total. The Balaban J connectivity index is 1.65. The Morgan fingerprint density at radius 1 is 1.26 bits per heavy atom. The van der Waals surface area contributed by atoms with Crippen LogP contribution >= 0.6 is 0 Å². The van der Waals surface area contributed by atoms with Crippen LogP contribution in [0.1, 0.15) is 12.0 Å². The number of hydrogen-bond acceptors (Lipinski definition) is 4. The Morgan fingerprint density at radius 2 is 2.04 bits per heavy atom. The monoisotopic (exact) mass is 318 g/mol. The van der Waals surface area contributed by atoms with Gasteiger partial charge in [0.1, 0.15) is 5.75 Å². The molecule has 0 radical (unpaired) electrons. The highest BCUT2D eigenvalue weighted by molar-refractivity contribution is 5.79. The average molecular weight is 318 g/mol. The van der Waals surface area contributed by atoms with Crippen LogP contribution in [0.3, 0.4) is 0 Å². The van der Waals surface area contributed by atoms with E-state index in [-0.39, 0.29) is 11.3 Å². The van der Waals surface area contributed by atoms with Crippen LogP contribution in [0.25, 0.3) is 0 Å². The van der Waals surface area contributed by atoms with Crippen molar-refractivity contribution in [3.8, 4) is 5.75 Å². The maximum Gasteiger partial charge on any atom is 0.227 e. The minimum atomic E-state index is 0.112. The number of amides is 1. The molecule has 1 amide bonds. The first-order valence-electron chi connectivity index (χ1n) is 8.27. The number of likely N-dealkylation sites (tertiary alicyclic amines) is 1. The van der Waals surface area contributed by atoms with Gasteiger partial charge in [0.2, 0.25) is 5.91 Å². The van der Waals surface area contributed by atoms with Gasteiger partial charge in [-0.05, 0) is 37.7 Å². The number of benzene rings is 1. The fourth-order valence-electron chi connectivity index (χ4n) is 3.64. The summed E-state index contributed by atoms with van der Waals surface area (Å²) in [7, 11) is 3.79. The van der Waals surface area contributed by atoms with E-state index >= 15 is 0 Å². The van der Waals surface area contributed by atoms with Gasteiger partial charge >= 0.3 is 0 Å². The number of ether oxygens (including phenoxy) is 2. The van der Waals surface area contributed by atoms with Crippen LogP contribution in [0.4, 0.5) is 0 Å². The van der Waals surface area contributed by atoms with Crippen molar-refractivity contribution in [1.82, 2.24) is 9.80 Å². The van der Waals surface area contributed by atoms with Crippen molar-refractivity contribution in [1.29, 1.82) is 0 Å². The van der Waals surface area contributed by atoms with E-state index in [9.17, 15) is 4.79 Å². The lowest BCUT2D eigenvalue weighted by atomic mass is 9.87. The highest BCUT2D eigenvalue weighted by Crippen LogP contribution is 2.32. The Hall–Kier alpha value is -1.59. The van der Waals surface area contributed by atoms with Gasteiger partial charge in [0.15, 0.2) is 0 Å². The molecule has 0 aromatic heterocycles. The molecule has 0 saturated carbocycles. The van der Waals surface area contributed by atoms with Crippen LogP contribution < -0.4 is 4.74 Å². The molecule has 3 rings (SSSR count). The van der Waals surface area contributed by atoms with Crippen LogP contribution in [0, 0.1) is 5.41 Å². The van der Waals surface area contributed by atoms with E-state index in [0.29, 0.717) is 19.6 Å². The van der Waals surface area contributed by atoms with Crippen LogP contribution in [0.5, 0.6) is 5.75 Å². The summed E-state index contributed by atoms with van der Waals surface area (Å²) in [6.45, 7) is 5.01. The number of rotatable bonds is 3. The summed E-state index contributed by atoms with van der Waals surface area (Å²) < 4.78 is 11.0. The SMILES string of the molecule is COc1ccc(CC(=O)N2CCOC[C@@]3(CCN(C)C3)C2)cc1. The van der Waals surface area contributed by atoms with E-state index in [2.05, 4.69) is 11.9 Å². The van der Waals surface area contributed by atoms with Crippen LogP contribution in [0.2, 0.25) is 0 Å². The van der Waals surface area contributed by atoms with Crippen LogP contribution in [0.15, 0.2) is 24.3 Å². The predicted molar refractivity (Wildman–Crippen MR) is 88.6 cm³/mol. The van der Waals surface area contributed by atoms with Crippen LogP contribution in [-0.4, -0.2) is 69.3 Å². The lowest BCUT2D eigenvalue weighted by Crippen LogP contribution is -2.43. The molecule has 2 heterocycles. The van der Waals surface area contributed by atoms with E-state index in [0.717, 1.165) is 44.0 Å². The molecular weight excluding hydrogens is 292 g/mol. The molecule has 2 aliphatic rings. The quantitative estimate of drug-likeness (QED) is 0.845. The van der Waals surface area contributed by atoms with Crippen molar-refractivity contribution in [2.45, 2.75) is 12.8 Å². The Morgan fingerprint density at radius 3 is 2.70 bits per heavy atom. The first-order chi connectivity index (χ1) is 11.1. The second kappa shape index (κ2) is 6.89. The van der Waals surface area contributed by atoms with Gasteiger partial charge < -0.3 is 19.3 Å². The van der Waals surface area contributed by atoms with Gasteiger partial charge in [-0.25, -0.2) is 0 Å². The molecule has 126 valence electrons.